The number of aliphatic hydroxyl groups excluding tert-OH is 1. The Morgan fingerprint density at radius 2 is 1.91 bits per heavy atom. The van der Waals surface area contributed by atoms with Crippen molar-refractivity contribution in [1.29, 1.82) is 0 Å². The predicted octanol–water partition coefficient (Wildman–Crippen LogP) is 1.88. The molecule has 44 heavy (non-hydrogen) atoms. The first-order chi connectivity index (χ1) is 20.5. The number of esters is 1. The topological polar surface area (TPSA) is 181 Å². The number of carbonyl (C=O) groups is 4. The zero-order chi connectivity index (χ0) is 32.3. The van der Waals surface area contributed by atoms with E-state index in [9.17, 15) is 24.3 Å². The summed E-state index contributed by atoms with van der Waals surface area (Å²) in [4.78, 5) is 55.0. The van der Waals surface area contributed by atoms with E-state index in [-0.39, 0.29) is 31.7 Å². The molecule has 13 nitrogen and oxygen atoms in total. The maximum Gasteiger partial charge on any atom is 0.325 e. The van der Waals surface area contributed by atoms with Crippen LogP contribution < -0.4 is 5.32 Å². The van der Waals surface area contributed by atoms with Gasteiger partial charge in [0.2, 0.25) is 11.7 Å². The van der Waals surface area contributed by atoms with Crippen LogP contribution in [0, 0.1) is 22.7 Å². The van der Waals surface area contributed by atoms with Crippen molar-refractivity contribution in [3.8, 4) is 0 Å². The van der Waals surface area contributed by atoms with Crippen LogP contribution in [0.3, 0.4) is 0 Å². The average Bonchev–Trinajstić information content (AvgIpc) is 3.35. The molecule has 3 saturated carbocycles. The maximum absolute atomic E-state index is 17.5. The van der Waals surface area contributed by atoms with Crippen molar-refractivity contribution in [2.45, 2.75) is 95.5 Å². The van der Waals surface area contributed by atoms with E-state index in [4.69, 9.17) is 24.6 Å². The number of amides is 1. The highest BCUT2D eigenvalue weighted by atomic mass is 19.1. The summed E-state index contributed by atoms with van der Waals surface area (Å²) in [7, 11) is 0. The highest BCUT2D eigenvalue weighted by Gasteiger charge is 2.80. The number of ether oxygens (including phenoxy) is 3. The molecule has 8 atom stereocenters. The zero-order valence-electron chi connectivity index (χ0n) is 25.3. The van der Waals surface area contributed by atoms with E-state index in [0.29, 0.717) is 24.8 Å². The minimum Gasteiger partial charge on any atom is -0.456 e. The Morgan fingerprint density at radius 3 is 2.61 bits per heavy atom. The molecule has 1 amide bonds. The average molecular weight is 625 g/mol. The lowest BCUT2D eigenvalue weighted by molar-refractivity contribution is -0.492. The lowest BCUT2D eigenvalue weighted by Crippen LogP contribution is -2.70. The molecule has 4 aliphatic carbocycles. The van der Waals surface area contributed by atoms with Gasteiger partial charge in [0, 0.05) is 23.2 Å². The van der Waals surface area contributed by atoms with Gasteiger partial charge in [-0.25, -0.2) is 4.39 Å². The van der Waals surface area contributed by atoms with Crippen molar-refractivity contribution >= 4 is 23.4 Å². The van der Waals surface area contributed by atoms with Gasteiger partial charge in [-0.05, 0) is 70.9 Å². The second kappa shape index (κ2) is 11.3. The Balaban J connectivity index is 1.32. The number of ketones is 2. The van der Waals surface area contributed by atoms with Gasteiger partial charge >= 0.3 is 5.97 Å². The van der Waals surface area contributed by atoms with Gasteiger partial charge in [-0.1, -0.05) is 18.6 Å². The number of hydrogen-bond donors (Lipinski definition) is 4. The Hall–Kier alpha value is -2.59. The second-order valence-corrected chi connectivity index (χ2v) is 13.4. The summed E-state index contributed by atoms with van der Waals surface area (Å²) >= 11 is 0. The monoisotopic (exact) mass is 624 g/mol. The molecule has 0 aromatic rings. The van der Waals surface area contributed by atoms with Crippen LogP contribution in [0.25, 0.3) is 0 Å². The van der Waals surface area contributed by atoms with E-state index in [0.717, 1.165) is 0 Å². The number of rotatable bonds is 10. The zero-order valence-corrected chi connectivity index (χ0v) is 25.3. The molecule has 5 rings (SSSR count). The molecule has 0 aromatic heterocycles. The first kappa shape index (κ1) is 32.8. The molecule has 14 heteroatoms. The SMILES string of the molecule is CC1(C)O[C@@H]2C[C@H]3[C@@H]4CCC5=CC(=O)C=C[C@]5(C)[C@@]4(F)[C@@H](O)C[C@]3(C)[C@]2(C(=O)COC(=O)CNC(=O)CCCON(O)O)O1. The number of carbonyl (C=O) groups excluding carboxylic acids is 4. The summed E-state index contributed by atoms with van der Waals surface area (Å²) in [6.45, 7) is 5.55. The second-order valence-electron chi connectivity index (χ2n) is 13.4. The van der Waals surface area contributed by atoms with Gasteiger partial charge in [0.05, 0.1) is 24.2 Å². The van der Waals surface area contributed by atoms with Crippen LogP contribution in [-0.2, 0) is 38.2 Å². The predicted molar refractivity (Wildman–Crippen MR) is 146 cm³/mol. The molecule has 244 valence electrons. The number of Topliss-reactive ketones (excluding diaryl/α,β-unsaturated/α-hetero) is 1. The third-order valence-electron chi connectivity index (χ3n) is 10.6. The van der Waals surface area contributed by atoms with Crippen LogP contribution in [0.1, 0.15) is 66.2 Å². The molecule has 4 fully saturated rings. The van der Waals surface area contributed by atoms with Gasteiger partial charge < -0.3 is 24.6 Å². The van der Waals surface area contributed by atoms with Crippen LogP contribution in [0.2, 0.25) is 0 Å². The van der Waals surface area contributed by atoms with Gasteiger partial charge in [-0.15, -0.1) is 0 Å². The Morgan fingerprint density at radius 1 is 1.18 bits per heavy atom. The van der Waals surface area contributed by atoms with E-state index < -0.39 is 88.1 Å². The number of hydrogen-bond acceptors (Lipinski definition) is 12. The van der Waals surface area contributed by atoms with Crippen LogP contribution in [0.5, 0.6) is 0 Å². The van der Waals surface area contributed by atoms with Crippen LogP contribution >= 0.6 is 0 Å². The lowest BCUT2D eigenvalue weighted by Gasteiger charge is -2.62. The van der Waals surface area contributed by atoms with Gasteiger partial charge in [0.15, 0.2) is 29.4 Å². The fourth-order valence-corrected chi connectivity index (χ4v) is 8.75. The fraction of sp³-hybridized carbons (Fsp3) is 0.733. The molecule has 1 heterocycles. The number of allylic oxidation sites excluding steroid dienone is 4. The first-order valence-electron chi connectivity index (χ1n) is 15.0. The van der Waals surface area contributed by atoms with Crippen LogP contribution in [0.4, 0.5) is 4.39 Å². The van der Waals surface area contributed by atoms with Crippen LogP contribution in [-0.4, -0.2) is 93.4 Å². The van der Waals surface area contributed by atoms with Crippen molar-refractivity contribution in [1.82, 2.24) is 10.7 Å². The van der Waals surface area contributed by atoms with Gasteiger partial charge in [0.1, 0.15) is 6.54 Å². The molecule has 1 aliphatic heterocycles. The summed E-state index contributed by atoms with van der Waals surface area (Å²) in [5.74, 6) is -4.42. The van der Waals surface area contributed by atoms with Crippen LogP contribution in [0.15, 0.2) is 23.8 Å². The molecule has 0 spiro atoms. The summed E-state index contributed by atoms with van der Waals surface area (Å²) in [5, 5.41) is 30.5. The van der Waals surface area contributed by atoms with Crippen molar-refractivity contribution in [3.63, 3.8) is 0 Å². The van der Waals surface area contributed by atoms with Crippen molar-refractivity contribution in [2.24, 2.45) is 22.7 Å². The van der Waals surface area contributed by atoms with E-state index in [1.807, 2.05) is 6.92 Å². The third kappa shape index (κ3) is 5.04. The third-order valence-corrected chi connectivity index (χ3v) is 10.6. The first-order valence-corrected chi connectivity index (χ1v) is 15.0. The molecular formula is C30H41FN2O11. The minimum absolute atomic E-state index is 0.0627. The highest BCUT2D eigenvalue weighted by Crippen LogP contribution is 2.72. The van der Waals surface area contributed by atoms with E-state index in [1.165, 1.54) is 12.2 Å². The van der Waals surface area contributed by atoms with Crippen molar-refractivity contribution in [3.05, 3.63) is 23.8 Å². The van der Waals surface area contributed by atoms with Crippen molar-refractivity contribution < 1.29 is 58.1 Å². The maximum atomic E-state index is 17.5. The molecule has 4 N–H and O–H groups in total. The summed E-state index contributed by atoms with van der Waals surface area (Å²) in [6, 6.07) is 0. The number of nitrogens with zero attached hydrogens (tertiary/aromatic N) is 1. The number of alkyl halides is 1. The highest BCUT2D eigenvalue weighted by molar-refractivity contribution is 6.01. The number of fused-ring (bicyclic) bond motifs is 7. The number of halogens is 1. The molecule has 0 unspecified atom stereocenters. The molecule has 0 bridgehead atoms. The fourth-order valence-electron chi connectivity index (χ4n) is 8.75. The summed E-state index contributed by atoms with van der Waals surface area (Å²) < 4.78 is 35.4. The lowest BCUT2D eigenvalue weighted by atomic mass is 9.44. The van der Waals surface area contributed by atoms with Gasteiger partial charge in [-0.2, -0.15) is 0 Å². The largest absolute Gasteiger partial charge is 0.456 e. The van der Waals surface area contributed by atoms with E-state index in [1.54, 1.807) is 26.8 Å². The Labute approximate surface area is 254 Å². The normalized spacial score (nSPS) is 40.0. The molecule has 1 saturated heterocycles. The number of nitrogens with one attached hydrogen (secondary N) is 1. The molecule has 0 radical (unpaired) electrons. The van der Waals surface area contributed by atoms with Gasteiger partial charge in [0.25, 0.3) is 0 Å². The summed E-state index contributed by atoms with van der Waals surface area (Å²) in [6.07, 6.45) is 3.22. The Bertz CT molecular complexity index is 1290. The standard InChI is InChI=1S/C30H41FN2O11/c1-26(2)43-23-13-20-19-8-7-17-12-18(34)9-10-27(17,3)29(19,31)21(35)14-28(20,4)30(23,44-26)22(36)16-41-25(38)15-32-24(37)6-5-11-42-33(39)40/h9-10,12,19-21,23,35,39-40H,5-8,11,13-16H2,1-4H3,(H,32,37)/t19-,20-,21-,23+,27-,28-,29-,30+/m0/s1. The van der Waals surface area contributed by atoms with Crippen molar-refractivity contribution in [2.75, 3.05) is 19.8 Å². The summed E-state index contributed by atoms with van der Waals surface area (Å²) in [5.41, 5.74) is -5.34. The number of aliphatic hydroxyl groups is 1. The Kier molecular flexibility index (Phi) is 8.45. The minimum atomic E-state index is -2.09. The smallest absolute Gasteiger partial charge is 0.325 e. The molecular weight excluding hydrogens is 583 g/mol. The molecule has 5 aliphatic rings. The van der Waals surface area contributed by atoms with E-state index >= 15 is 4.39 Å². The van der Waals surface area contributed by atoms with E-state index in [2.05, 4.69) is 10.2 Å². The molecule has 0 aromatic carbocycles. The van der Waals surface area contributed by atoms with Gasteiger partial charge in [-0.3, -0.25) is 34.4 Å². The quantitative estimate of drug-likeness (QED) is 0.158.